The lowest BCUT2D eigenvalue weighted by atomic mass is 10.1. The van der Waals surface area contributed by atoms with Crippen molar-refractivity contribution in [1.29, 1.82) is 0 Å². The lowest BCUT2D eigenvalue weighted by Gasteiger charge is -2.27. The van der Waals surface area contributed by atoms with E-state index in [1.807, 2.05) is 78.9 Å². The van der Waals surface area contributed by atoms with Crippen LogP contribution in [0.15, 0.2) is 78.9 Å². The summed E-state index contributed by atoms with van der Waals surface area (Å²) in [6, 6.07) is 25.5. The Labute approximate surface area is 205 Å². The second-order valence-corrected chi connectivity index (χ2v) is 9.13. The Morgan fingerprint density at radius 1 is 0.941 bits per heavy atom. The highest BCUT2D eigenvalue weighted by atomic mass is 35.5. The number of aromatic nitrogens is 2. The number of amides is 1. The SMILES string of the molecule is CC(C)CN(CCC(=O)NCc1ccccc1)c1nc(-c2ccccc2Cl)nc2ccccc12. The van der Waals surface area contributed by atoms with Gasteiger partial charge in [-0.3, -0.25) is 4.79 Å². The van der Waals surface area contributed by atoms with Crippen molar-refractivity contribution in [3.63, 3.8) is 0 Å². The zero-order valence-electron chi connectivity index (χ0n) is 19.5. The normalized spacial score (nSPS) is 11.1. The zero-order valence-corrected chi connectivity index (χ0v) is 20.3. The minimum atomic E-state index is 0.0160. The minimum Gasteiger partial charge on any atom is -0.355 e. The summed E-state index contributed by atoms with van der Waals surface area (Å²) in [5.74, 6) is 1.82. The van der Waals surface area contributed by atoms with Crippen molar-refractivity contribution >= 4 is 34.2 Å². The molecule has 0 radical (unpaired) electrons. The topological polar surface area (TPSA) is 58.1 Å². The van der Waals surface area contributed by atoms with Gasteiger partial charge in [-0.1, -0.05) is 80.0 Å². The molecule has 3 aromatic carbocycles. The van der Waals surface area contributed by atoms with Crippen LogP contribution in [-0.2, 0) is 11.3 Å². The number of para-hydroxylation sites is 1. The van der Waals surface area contributed by atoms with Crippen molar-refractivity contribution < 1.29 is 4.79 Å². The van der Waals surface area contributed by atoms with E-state index >= 15 is 0 Å². The molecule has 34 heavy (non-hydrogen) atoms. The first kappa shape index (κ1) is 23.7. The smallest absolute Gasteiger partial charge is 0.222 e. The van der Waals surface area contributed by atoms with Gasteiger partial charge in [0.15, 0.2) is 5.82 Å². The Bertz CT molecular complexity index is 1260. The second kappa shape index (κ2) is 11.1. The Morgan fingerprint density at radius 2 is 1.65 bits per heavy atom. The highest BCUT2D eigenvalue weighted by Crippen LogP contribution is 2.31. The summed E-state index contributed by atoms with van der Waals surface area (Å²) in [5, 5.41) is 4.60. The molecule has 0 aliphatic carbocycles. The van der Waals surface area contributed by atoms with Crippen LogP contribution in [0.25, 0.3) is 22.3 Å². The summed E-state index contributed by atoms with van der Waals surface area (Å²) >= 11 is 6.47. The quantitative estimate of drug-likeness (QED) is 0.319. The maximum atomic E-state index is 12.6. The average molecular weight is 473 g/mol. The highest BCUT2D eigenvalue weighted by Gasteiger charge is 2.18. The average Bonchev–Trinajstić information content (AvgIpc) is 2.85. The fourth-order valence-electron chi connectivity index (χ4n) is 3.91. The van der Waals surface area contributed by atoms with Crippen molar-refractivity contribution in [2.75, 3.05) is 18.0 Å². The number of fused-ring (bicyclic) bond motifs is 1. The fraction of sp³-hybridized carbons (Fsp3) is 0.250. The third-order valence-electron chi connectivity index (χ3n) is 5.52. The number of halogens is 1. The van der Waals surface area contributed by atoms with Gasteiger partial charge in [-0.15, -0.1) is 0 Å². The molecule has 0 bridgehead atoms. The molecule has 0 aliphatic heterocycles. The van der Waals surface area contributed by atoms with Crippen LogP contribution < -0.4 is 10.2 Å². The van der Waals surface area contributed by atoms with E-state index in [1.54, 1.807) is 0 Å². The molecule has 1 N–H and O–H groups in total. The molecule has 0 aliphatic rings. The summed E-state index contributed by atoms with van der Waals surface area (Å²) < 4.78 is 0. The van der Waals surface area contributed by atoms with Gasteiger partial charge in [0.2, 0.25) is 5.91 Å². The van der Waals surface area contributed by atoms with Crippen LogP contribution in [0, 0.1) is 5.92 Å². The molecule has 1 amide bonds. The van der Waals surface area contributed by atoms with Crippen molar-refractivity contribution in [2.45, 2.75) is 26.8 Å². The number of anilines is 1. The standard InChI is InChI=1S/C28H29ClN4O/c1-20(2)19-33(17-16-26(34)30-18-21-10-4-3-5-11-21)28-23-13-7-9-15-25(23)31-27(32-28)22-12-6-8-14-24(22)29/h3-15,20H,16-19H2,1-2H3,(H,30,34). The molecule has 1 aromatic heterocycles. The highest BCUT2D eigenvalue weighted by molar-refractivity contribution is 6.33. The summed E-state index contributed by atoms with van der Waals surface area (Å²) in [4.78, 5) is 24.6. The van der Waals surface area contributed by atoms with Gasteiger partial charge in [-0.2, -0.15) is 0 Å². The first-order chi connectivity index (χ1) is 16.5. The van der Waals surface area contributed by atoms with Crippen LogP contribution >= 0.6 is 11.6 Å². The van der Waals surface area contributed by atoms with Crippen LogP contribution in [0.2, 0.25) is 5.02 Å². The molecule has 174 valence electrons. The monoisotopic (exact) mass is 472 g/mol. The molecule has 5 nitrogen and oxygen atoms in total. The van der Waals surface area contributed by atoms with E-state index in [-0.39, 0.29) is 5.91 Å². The van der Waals surface area contributed by atoms with Gasteiger partial charge < -0.3 is 10.2 Å². The molecular formula is C28H29ClN4O. The summed E-state index contributed by atoms with van der Waals surface area (Å²) in [5.41, 5.74) is 2.73. The Kier molecular flexibility index (Phi) is 7.76. The van der Waals surface area contributed by atoms with E-state index in [4.69, 9.17) is 21.6 Å². The molecule has 6 heteroatoms. The third-order valence-corrected chi connectivity index (χ3v) is 5.85. The fourth-order valence-corrected chi connectivity index (χ4v) is 4.13. The largest absolute Gasteiger partial charge is 0.355 e. The molecule has 0 spiro atoms. The molecule has 0 saturated heterocycles. The van der Waals surface area contributed by atoms with Crippen molar-refractivity contribution in [3.05, 3.63) is 89.4 Å². The lowest BCUT2D eigenvalue weighted by molar-refractivity contribution is -0.121. The molecule has 0 atom stereocenters. The van der Waals surface area contributed by atoms with E-state index in [9.17, 15) is 4.79 Å². The lowest BCUT2D eigenvalue weighted by Crippen LogP contribution is -2.34. The van der Waals surface area contributed by atoms with Crippen LogP contribution in [-0.4, -0.2) is 29.0 Å². The Balaban J connectivity index is 1.61. The number of nitrogens with zero attached hydrogens (tertiary/aromatic N) is 3. The van der Waals surface area contributed by atoms with Crippen LogP contribution in [0.3, 0.4) is 0 Å². The predicted octanol–water partition coefficient (Wildman–Crippen LogP) is 6.12. The molecule has 1 heterocycles. The maximum absolute atomic E-state index is 12.6. The van der Waals surface area contributed by atoms with E-state index in [2.05, 4.69) is 24.1 Å². The molecule has 0 fully saturated rings. The molecule has 0 unspecified atom stereocenters. The van der Waals surface area contributed by atoms with Gasteiger partial charge in [0.1, 0.15) is 5.82 Å². The second-order valence-electron chi connectivity index (χ2n) is 8.72. The van der Waals surface area contributed by atoms with Gasteiger partial charge in [0.25, 0.3) is 0 Å². The molecular weight excluding hydrogens is 444 g/mol. The summed E-state index contributed by atoms with van der Waals surface area (Å²) in [6.07, 6.45) is 0.374. The molecule has 4 rings (SSSR count). The van der Waals surface area contributed by atoms with E-state index in [0.717, 1.165) is 34.4 Å². The first-order valence-corrected chi connectivity index (χ1v) is 12.0. The van der Waals surface area contributed by atoms with Crippen LogP contribution in [0.1, 0.15) is 25.8 Å². The summed E-state index contributed by atoms with van der Waals surface area (Å²) in [6.45, 7) is 6.19. The van der Waals surface area contributed by atoms with E-state index < -0.39 is 0 Å². The number of hydrogen-bond acceptors (Lipinski definition) is 4. The van der Waals surface area contributed by atoms with Crippen LogP contribution in [0.4, 0.5) is 5.82 Å². The number of hydrogen-bond donors (Lipinski definition) is 1. The number of carbonyl (C=O) groups is 1. The van der Waals surface area contributed by atoms with Crippen molar-refractivity contribution in [2.24, 2.45) is 5.92 Å². The Hall–Kier alpha value is -3.44. The predicted molar refractivity (Wildman–Crippen MR) is 140 cm³/mol. The van der Waals surface area contributed by atoms with Gasteiger partial charge >= 0.3 is 0 Å². The van der Waals surface area contributed by atoms with Gasteiger partial charge in [-0.25, -0.2) is 9.97 Å². The van der Waals surface area contributed by atoms with Gasteiger partial charge in [-0.05, 0) is 35.7 Å². The summed E-state index contributed by atoms with van der Waals surface area (Å²) in [7, 11) is 0. The van der Waals surface area contributed by atoms with Crippen LogP contribution in [0.5, 0.6) is 0 Å². The molecule has 0 saturated carbocycles. The number of rotatable bonds is 9. The van der Waals surface area contributed by atoms with Crippen molar-refractivity contribution in [3.8, 4) is 11.4 Å². The maximum Gasteiger partial charge on any atom is 0.222 e. The van der Waals surface area contributed by atoms with E-state index in [0.29, 0.717) is 36.3 Å². The molecule has 4 aromatic rings. The minimum absolute atomic E-state index is 0.0160. The number of benzene rings is 3. The van der Waals surface area contributed by atoms with E-state index in [1.165, 1.54) is 0 Å². The van der Waals surface area contributed by atoms with Gasteiger partial charge in [0, 0.05) is 37.0 Å². The number of carbonyl (C=O) groups excluding carboxylic acids is 1. The Morgan fingerprint density at radius 3 is 2.41 bits per heavy atom. The zero-order chi connectivity index (χ0) is 23.9. The third kappa shape index (κ3) is 5.91. The van der Waals surface area contributed by atoms with Crippen molar-refractivity contribution in [1.82, 2.24) is 15.3 Å². The van der Waals surface area contributed by atoms with Gasteiger partial charge in [0.05, 0.1) is 10.5 Å². The number of nitrogens with one attached hydrogen (secondary N) is 1. The first-order valence-electron chi connectivity index (χ1n) is 11.6.